The molecule has 0 bridgehead atoms. The van der Waals surface area contributed by atoms with E-state index >= 15 is 0 Å². The lowest BCUT2D eigenvalue weighted by atomic mass is 10.2. The van der Waals surface area contributed by atoms with Crippen molar-refractivity contribution in [3.8, 4) is 0 Å². The number of nitrogens with zero attached hydrogens (tertiary/aromatic N) is 3. The van der Waals surface area contributed by atoms with E-state index in [1.165, 1.54) is 5.56 Å². The number of anilines is 2. The summed E-state index contributed by atoms with van der Waals surface area (Å²) >= 11 is 1.62. The summed E-state index contributed by atoms with van der Waals surface area (Å²) in [6.45, 7) is 0.816. The maximum Gasteiger partial charge on any atom is 0.225 e. The number of pyridine rings is 1. The maximum absolute atomic E-state index is 4.48. The second-order valence-electron chi connectivity index (χ2n) is 4.32. The van der Waals surface area contributed by atoms with Gasteiger partial charge in [0, 0.05) is 26.0 Å². The second-order valence-corrected chi connectivity index (χ2v) is 5.22. The number of thiophene rings is 1. The van der Waals surface area contributed by atoms with Gasteiger partial charge in [-0.05, 0) is 29.5 Å². The molecule has 0 atom stereocenters. The average molecular weight is 285 g/mol. The van der Waals surface area contributed by atoms with Crippen LogP contribution in [0.4, 0.5) is 11.8 Å². The van der Waals surface area contributed by atoms with E-state index in [9.17, 15) is 0 Å². The summed E-state index contributed by atoms with van der Waals surface area (Å²) < 4.78 is 0. The smallest absolute Gasteiger partial charge is 0.225 e. The highest BCUT2D eigenvalue weighted by atomic mass is 32.1. The highest BCUT2D eigenvalue weighted by Crippen LogP contribution is 2.26. The van der Waals surface area contributed by atoms with Crippen molar-refractivity contribution in [3.05, 3.63) is 41.5 Å². The summed E-state index contributed by atoms with van der Waals surface area (Å²) in [7, 11) is 1.83. The largest absolute Gasteiger partial charge is 0.369 e. The van der Waals surface area contributed by atoms with Gasteiger partial charge in [0.05, 0.1) is 5.39 Å². The van der Waals surface area contributed by atoms with E-state index in [0.717, 1.165) is 29.0 Å². The van der Waals surface area contributed by atoms with Crippen LogP contribution in [0.3, 0.4) is 0 Å². The van der Waals surface area contributed by atoms with E-state index in [0.29, 0.717) is 5.95 Å². The first-order chi connectivity index (χ1) is 9.86. The third-order valence-electron chi connectivity index (χ3n) is 2.98. The van der Waals surface area contributed by atoms with Crippen LogP contribution in [0.5, 0.6) is 0 Å². The molecule has 0 aromatic carbocycles. The number of hydrogen-bond acceptors (Lipinski definition) is 6. The number of rotatable bonds is 5. The normalized spacial score (nSPS) is 10.7. The maximum atomic E-state index is 4.48. The van der Waals surface area contributed by atoms with E-state index in [2.05, 4.69) is 31.7 Å². The molecule has 6 heteroatoms. The Hall–Kier alpha value is -2.21. The summed E-state index contributed by atoms with van der Waals surface area (Å²) in [5, 5.41) is 9.48. The molecule has 0 spiro atoms. The SMILES string of the molecule is CNc1nc(NCCc2cccnc2)c2ccsc2n1. The zero-order valence-electron chi connectivity index (χ0n) is 11.1. The zero-order chi connectivity index (χ0) is 13.8. The van der Waals surface area contributed by atoms with Gasteiger partial charge < -0.3 is 10.6 Å². The van der Waals surface area contributed by atoms with Crippen molar-refractivity contribution in [2.45, 2.75) is 6.42 Å². The zero-order valence-corrected chi connectivity index (χ0v) is 11.9. The van der Waals surface area contributed by atoms with Gasteiger partial charge in [-0.1, -0.05) is 6.07 Å². The van der Waals surface area contributed by atoms with E-state index in [1.807, 2.05) is 30.8 Å². The van der Waals surface area contributed by atoms with Crippen molar-refractivity contribution in [2.75, 3.05) is 24.2 Å². The predicted octanol–water partition coefficient (Wildman–Crippen LogP) is 2.78. The van der Waals surface area contributed by atoms with E-state index < -0.39 is 0 Å². The number of fused-ring (bicyclic) bond motifs is 1. The van der Waals surface area contributed by atoms with E-state index in [4.69, 9.17) is 0 Å². The molecule has 20 heavy (non-hydrogen) atoms. The summed E-state index contributed by atoms with van der Waals surface area (Å²) in [5.74, 6) is 1.52. The Bertz CT molecular complexity index is 695. The lowest BCUT2D eigenvalue weighted by Gasteiger charge is -2.08. The summed E-state index contributed by atoms with van der Waals surface area (Å²) in [4.78, 5) is 14.0. The molecule has 0 fully saturated rings. The van der Waals surface area contributed by atoms with Crippen molar-refractivity contribution in [3.63, 3.8) is 0 Å². The molecule has 3 rings (SSSR count). The first-order valence-corrected chi connectivity index (χ1v) is 7.30. The van der Waals surface area contributed by atoms with Crippen molar-refractivity contribution < 1.29 is 0 Å². The Balaban J connectivity index is 1.75. The van der Waals surface area contributed by atoms with Crippen LogP contribution in [0.25, 0.3) is 10.2 Å². The first-order valence-electron chi connectivity index (χ1n) is 6.42. The van der Waals surface area contributed by atoms with Crippen LogP contribution in [-0.4, -0.2) is 28.5 Å². The summed E-state index contributed by atoms with van der Waals surface area (Å²) in [6.07, 6.45) is 4.59. The first kappa shape index (κ1) is 12.8. The van der Waals surface area contributed by atoms with E-state index in [-0.39, 0.29) is 0 Å². The minimum absolute atomic E-state index is 0.642. The standard InChI is InChI=1S/C14H15N5S/c1-15-14-18-12(11-5-8-20-13(11)19-14)17-7-4-10-3-2-6-16-9-10/h2-3,5-6,8-9H,4,7H2,1H3,(H2,15,17,18,19). The minimum atomic E-state index is 0.642. The average Bonchev–Trinajstić information content (AvgIpc) is 2.96. The molecule has 0 aliphatic carbocycles. The van der Waals surface area contributed by atoms with Crippen LogP contribution in [0, 0.1) is 0 Å². The van der Waals surface area contributed by atoms with Gasteiger partial charge in [0.25, 0.3) is 0 Å². The minimum Gasteiger partial charge on any atom is -0.369 e. The molecular weight excluding hydrogens is 270 g/mol. The molecule has 0 aliphatic rings. The predicted molar refractivity (Wildman–Crippen MR) is 83.4 cm³/mol. The van der Waals surface area contributed by atoms with Gasteiger partial charge >= 0.3 is 0 Å². The summed E-state index contributed by atoms with van der Waals surface area (Å²) in [5.41, 5.74) is 1.21. The van der Waals surface area contributed by atoms with Gasteiger partial charge in [-0.25, -0.2) is 4.98 Å². The van der Waals surface area contributed by atoms with Gasteiger partial charge in [-0.15, -0.1) is 11.3 Å². The van der Waals surface area contributed by atoms with Crippen LogP contribution >= 0.6 is 11.3 Å². The molecule has 3 aromatic heterocycles. The fourth-order valence-corrected chi connectivity index (χ4v) is 2.74. The highest BCUT2D eigenvalue weighted by molar-refractivity contribution is 7.16. The van der Waals surface area contributed by atoms with Gasteiger partial charge in [0.2, 0.25) is 5.95 Å². The number of nitrogens with one attached hydrogen (secondary N) is 2. The third-order valence-corrected chi connectivity index (χ3v) is 3.78. The molecule has 0 unspecified atom stereocenters. The van der Waals surface area contributed by atoms with Crippen LogP contribution in [0.15, 0.2) is 36.0 Å². The highest BCUT2D eigenvalue weighted by Gasteiger charge is 2.07. The van der Waals surface area contributed by atoms with Gasteiger partial charge in [0.15, 0.2) is 0 Å². The van der Waals surface area contributed by atoms with Crippen molar-refractivity contribution >= 4 is 33.3 Å². The fraction of sp³-hybridized carbons (Fsp3) is 0.214. The Morgan fingerprint density at radius 3 is 3.00 bits per heavy atom. The second kappa shape index (κ2) is 5.83. The Kier molecular flexibility index (Phi) is 3.73. The van der Waals surface area contributed by atoms with Crippen molar-refractivity contribution in [1.82, 2.24) is 15.0 Å². The topological polar surface area (TPSA) is 62.7 Å². The van der Waals surface area contributed by atoms with Crippen LogP contribution in [0.1, 0.15) is 5.56 Å². The fourth-order valence-electron chi connectivity index (χ4n) is 1.97. The molecule has 0 aliphatic heterocycles. The number of hydrogen-bond donors (Lipinski definition) is 2. The molecule has 3 aromatic rings. The molecular formula is C14H15N5S. The quantitative estimate of drug-likeness (QED) is 0.754. The van der Waals surface area contributed by atoms with Gasteiger partial charge in [-0.2, -0.15) is 4.98 Å². The Morgan fingerprint density at radius 2 is 2.20 bits per heavy atom. The van der Waals surface area contributed by atoms with Gasteiger partial charge in [-0.3, -0.25) is 4.98 Å². The number of aromatic nitrogens is 3. The molecule has 0 saturated carbocycles. The van der Waals surface area contributed by atoms with Crippen molar-refractivity contribution in [1.29, 1.82) is 0 Å². The molecule has 2 N–H and O–H groups in total. The Morgan fingerprint density at radius 1 is 1.25 bits per heavy atom. The Labute approximate surface area is 121 Å². The molecule has 5 nitrogen and oxygen atoms in total. The van der Waals surface area contributed by atoms with Gasteiger partial charge in [0.1, 0.15) is 10.6 Å². The molecule has 102 valence electrons. The molecule has 3 heterocycles. The summed E-state index contributed by atoms with van der Waals surface area (Å²) in [6, 6.07) is 6.08. The van der Waals surface area contributed by atoms with Crippen LogP contribution in [0.2, 0.25) is 0 Å². The van der Waals surface area contributed by atoms with Crippen LogP contribution < -0.4 is 10.6 Å². The van der Waals surface area contributed by atoms with Crippen LogP contribution in [-0.2, 0) is 6.42 Å². The lowest BCUT2D eigenvalue weighted by molar-refractivity contribution is 0.994. The molecule has 0 saturated heterocycles. The monoisotopic (exact) mass is 285 g/mol. The lowest BCUT2D eigenvalue weighted by Crippen LogP contribution is -2.08. The third kappa shape index (κ3) is 2.70. The molecule has 0 amide bonds. The van der Waals surface area contributed by atoms with Crippen molar-refractivity contribution in [2.24, 2.45) is 0 Å². The van der Waals surface area contributed by atoms with E-state index in [1.54, 1.807) is 17.5 Å². The molecule has 0 radical (unpaired) electrons.